The van der Waals surface area contributed by atoms with E-state index in [1.165, 1.54) is 18.4 Å². The van der Waals surface area contributed by atoms with E-state index in [1.807, 2.05) is 12.1 Å². The predicted octanol–water partition coefficient (Wildman–Crippen LogP) is 2.26. The van der Waals surface area contributed by atoms with Gasteiger partial charge in [0.05, 0.1) is 13.7 Å². The van der Waals surface area contributed by atoms with Crippen LogP contribution in [0.15, 0.2) is 24.3 Å². The zero-order chi connectivity index (χ0) is 17.8. The van der Waals surface area contributed by atoms with E-state index in [2.05, 4.69) is 57.8 Å². The third kappa shape index (κ3) is 4.19. The number of aromatic nitrogens is 3. The summed E-state index contributed by atoms with van der Waals surface area (Å²) in [5, 5.41) is 8.90. The molecule has 0 amide bonds. The maximum atomic E-state index is 5.50. The van der Waals surface area contributed by atoms with Gasteiger partial charge in [0.2, 0.25) is 0 Å². The Balaban J connectivity index is 1.70. The first-order valence-electron chi connectivity index (χ1n) is 8.95. The molecule has 3 rings (SSSR count). The molecule has 0 bridgehead atoms. The molecule has 6 heteroatoms. The van der Waals surface area contributed by atoms with Gasteiger partial charge in [-0.3, -0.25) is 4.90 Å². The van der Waals surface area contributed by atoms with Crippen molar-refractivity contribution in [3.63, 3.8) is 0 Å². The minimum atomic E-state index is 0.442. The molecule has 1 fully saturated rings. The van der Waals surface area contributed by atoms with Gasteiger partial charge in [-0.2, -0.15) is 0 Å². The largest absolute Gasteiger partial charge is 0.496 e. The van der Waals surface area contributed by atoms with Crippen molar-refractivity contribution in [3.8, 4) is 5.75 Å². The quantitative estimate of drug-likeness (QED) is 0.805. The normalized spacial score (nSPS) is 18.7. The van der Waals surface area contributed by atoms with E-state index in [4.69, 9.17) is 4.74 Å². The van der Waals surface area contributed by atoms with Gasteiger partial charge in [0.1, 0.15) is 17.4 Å². The number of methoxy groups -OCH3 is 1. The van der Waals surface area contributed by atoms with Crippen LogP contribution in [0.2, 0.25) is 0 Å². The van der Waals surface area contributed by atoms with E-state index in [0.717, 1.165) is 43.6 Å². The van der Waals surface area contributed by atoms with Crippen LogP contribution < -0.4 is 4.74 Å². The van der Waals surface area contributed by atoms with Gasteiger partial charge in [-0.05, 0) is 39.5 Å². The van der Waals surface area contributed by atoms with Gasteiger partial charge in [0.25, 0.3) is 0 Å². The molecule has 6 nitrogen and oxygen atoms in total. The predicted molar refractivity (Wildman–Crippen MR) is 98.6 cm³/mol. The summed E-state index contributed by atoms with van der Waals surface area (Å²) in [6.07, 6.45) is 2.37. The average molecular weight is 343 g/mol. The second-order valence-electron chi connectivity index (χ2n) is 7.16. The van der Waals surface area contributed by atoms with Crippen LogP contribution in [0.4, 0.5) is 0 Å². The van der Waals surface area contributed by atoms with E-state index in [1.54, 1.807) is 7.11 Å². The van der Waals surface area contributed by atoms with Crippen LogP contribution in [0.3, 0.4) is 0 Å². The Bertz CT molecular complexity index is 697. The molecular formula is C19H29N5O. The Morgan fingerprint density at radius 1 is 1.24 bits per heavy atom. The van der Waals surface area contributed by atoms with Gasteiger partial charge < -0.3 is 14.2 Å². The topological polar surface area (TPSA) is 46.4 Å². The molecule has 2 heterocycles. The van der Waals surface area contributed by atoms with Crippen LogP contribution in [-0.2, 0) is 20.1 Å². The maximum Gasteiger partial charge on any atom is 0.146 e. The smallest absolute Gasteiger partial charge is 0.146 e. The lowest BCUT2D eigenvalue weighted by atomic mass is 9.96. The number of hydrogen-bond acceptors (Lipinski definition) is 5. The molecule has 136 valence electrons. The molecule has 1 aliphatic rings. The molecule has 2 aromatic rings. The number of nitrogens with zero attached hydrogens (tertiary/aromatic N) is 5. The van der Waals surface area contributed by atoms with Crippen molar-refractivity contribution < 1.29 is 4.74 Å². The highest BCUT2D eigenvalue weighted by Crippen LogP contribution is 2.28. The van der Waals surface area contributed by atoms with Crippen molar-refractivity contribution in [3.05, 3.63) is 41.5 Å². The molecule has 0 spiro atoms. The monoisotopic (exact) mass is 343 g/mol. The Labute approximate surface area is 150 Å². The van der Waals surface area contributed by atoms with Gasteiger partial charge in [0, 0.05) is 31.6 Å². The van der Waals surface area contributed by atoms with Gasteiger partial charge in [-0.15, -0.1) is 10.2 Å². The molecule has 0 unspecified atom stereocenters. The van der Waals surface area contributed by atoms with Crippen molar-refractivity contribution in [1.82, 2.24) is 24.6 Å². The van der Waals surface area contributed by atoms with Gasteiger partial charge in [-0.1, -0.05) is 18.2 Å². The zero-order valence-electron chi connectivity index (χ0n) is 15.8. The minimum Gasteiger partial charge on any atom is -0.496 e. The first kappa shape index (κ1) is 17.9. The third-order valence-corrected chi connectivity index (χ3v) is 4.91. The minimum absolute atomic E-state index is 0.442. The average Bonchev–Trinajstić information content (AvgIpc) is 2.96. The van der Waals surface area contributed by atoms with E-state index in [9.17, 15) is 0 Å². The Kier molecular flexibility index (Phi) is 5.71. The zero-order valence-corrected chi connectivity index (χ0v) is 15.8. The number of piperidine rings is 1. The third-order valence-electron chi connectivity index (χ3n) is 4.91. The summed E-state index contributed by atoms with van der Waals surface area (Å²) in [5.41, 5.74) is 1.25. The molecule has 1 aliphatic heterocycles. The molecule has 1 atom stereocenters. The van der Waals surface area contributed by atoms with Crippen molar-refractivity contribution in [1.29, 1.82) is 0 Å². The highest BCUT2D eigenvalue weighted by atomic mass is 16.5. The summed E-state index contributed by atoms with van der Waals surface area (Å²) in [4.78, 5) is 4.63. The molecule has 1 saturated heterocycles. The van der Waals surface area contributed by atoms with Crippen molar-refractivity contribution in [2.45, 2.75) is 31.8 Å². The number of likely N-dealkylation sites (tertiary alicyclic amines) is 1. The molecule has 0 saturated carbocycles. The van der Waals surface area contributed by atoms with Crippen LogP contribution in [0.5, 0.6) is 5.75 Å². The maximum absolute atomic E-state index is 5.50. The first-order valence-corrected chi connectivity index (χ1v) is 8.95. The second-order valence-corrected chi connectivity index (χ2v) is 7.16. The van der Waals surface area contributed by atoms with Crippen molar-refractivity contribution in [2.75, 3.05) is 34.3 Å². The number of benzene rings is 1. The van der Waals surface area contributed by atoms with Crippen LogP contribution in [0.25, 0.3) is 0 Å². The van der Waals surface area contributed by atoms with E-state index >= 15 is 0 Å². The summed E-state index contributed by atoms with van der Waals surface area (Å²) in [6, 6.07) is 8.29. The fourth-order valence-electron chi connectivity index (χ4n) is 3.64. The van der Waals surface area contributed by atoms with Crippen LogP contribution in [-0.4, -0.2) is 58.9 Å². The van der Waals surface area contributed by atoms with Gasteiger partial charge >= 0.3 is 0 Å². The molecule has 25 heavy (non-hydrogen) atoms. The summed E-state index contributed by atoms with van der Waals surface area (Å²) in [7, 11) is 7.95. The summed E-state index contributed by atoms with van der Waals surface area (Å²) < 4.78 is 7.68. The number of hydrogen-bond donors (Lipinski definition) is 0. The number of ether oxygens (including phenoxy) is 1. The Morgan fingerprint density at radius 2 is 2.04 bits per heavy atom. The first-order chi connectivity index (χ1) is 12.1. The Hall–Kier alpha value is -1.92. The lowest BCUT2D eigenvalue weighted by Gasteiger charge is -2.32. The van der Waals surface area contributed by atoms with Crippen LogP contribution in [0.1, 0.15) is 36.0 Å². The molecule has 0 radical (unpaired) electrons. The molecule has 1 aromatic carbocycles. The summed E-state index contributed by atoms with van der Waals surface area (Å²) >= 11 is 0. The van der Waals surface area contributed by atoms with Crippen LogP contribution in [0, 0.1) is 0 Å². The number of rotatable bonds is 6. The van der Waals surface area contributed by atoms with Crippen molar-refractivity contribution in [2.24, 2.45) is 7.05 Å². The summed E-state index contributed by atoms with van der Waals surface area (Å²) in [6.45, 7) is 3.88. The van der Waals surface area contributed by atoms with E-state index < -0.39 is 0 Å². The molecule has 1 aromatic heterocycles. The number of para-hydroxylation sites is 1. The van der Waals surface area contributed by atoms with Gasteiger partial charge in [0.15, 0.2) is 0 Å². The highest BCUT2D eigenvalue weighted by Gasteiger charge is 2.26. The van der Waals surface area contributed by atoms with Gasteiger partial charge in [-0.25, -0.2) is 0 Å². The van der Waals surface area contributed by atoms with E-state index in [-0.39, 0.29) is 0 Å². The fourth-order valence-corrected chi connectivity index (χ4v) is 3.64. The van der Waals surface area contributed by atoms with Crippen LogP contribution >= 0.6 is 0 Å². The highest BCUT2D eigenvalue weighted by molar-refractivity contribution is 5.33. The SMILES string of the molecule is COc1ccccc1CN1CCC[C@@H](c2nnc(CN(C)C)n2C)C1. The fraction of sp³-hybridized carbons (Fsp3) is 0.579. The van der Waals surface area contributed by atoms with Crippen molar-refractivity contribution >= 4 is 0 Å². The van der Waals surface area contributed by atoms with E-state index in [0.29, 0.717) is 5.92 Å². The molecule has 0 aliphatic carbocycles. The lowest BCUT2D eigenvalue weighted by molar-refractivity contribution is 0.193. The second kappa shape index (κ2) is 7.97. The molecule has 0 N–H and O–H groups in total. The Morgan fingerprint density at radius 3 is 2.80 bits per heavy atom. The lowest BCUT2D eigenvalue weighted by Crippen LogP contribution is -2.35. The standard InChI is InChI=1S/C19H29N5O/c1-22(2)14-18-20-21-19(23(18)3)16-9-7-11-24(13-16)12-15-8-5-6-10-17(15)25-4/h5-6,8,10,16H,7,9,11-14H2,1-4H3/t16-/m1/s1. The summed E-state index contributed by atoms with van der Waals surface area (Å²) in [5.74, 6) is 3.55. The molecular weight excluding hydrogens is 314 g/mol.